The molecule has 2 aromatic carbocycles. The third-order valence-electron chi connectivity index (χ3n) is 9.15. The number of unbranched alkanes of at least 4 members (excludes halogenated alkanes) is 2. The summed E-state index contributed by atoms with van der Waals surface area (Å²) in [5.74, 6) is 3.72. The Morgan fingerprint density at radius 3 is 2.51 bits per heavy atom. The lowest BCUT2D eigenvalue weighted by Gasteiger charge is -2.30. The van der Waals surface area contributed by atoms with E-state index in [1.165, 1.54) is 19.3 Å². The van der Waals surface area contributed by atoms with E-state index >= 15 is 0 Å². The number of ether oxygens (including phenoxy) is 3. The molecule has 3 aliphatic rings. The van der Waals surface area contributed by atoms with Gasteiger partial charge in [-0.25, -0.2) is 0 Å². The lowest BCUT2D eigenvalue weighted by atomic mass is 9.84. The number of ketones is 1. The Bertz CT molecular complexity index is 1200. The zero-order valence-corrected chi connectivity index (χ0v) is 24.3. The summed E-state index contributed by atoms with van der Waals surface area (Å²) in [6.07, 6.45) is 5.98. The monoisotopic (exact) mass is 564 g/mol. The van der Waals surface area contributed by atoms with Crippen molar-refractivity contribution in [3.8, 4) is 17.2 Å². The van der Waals surface area contributed by atoms with Crippen molar-refractivity contribution in [1.29, 1.82) is 0 Å². The molecule has 0 aromatic heterocycles. The molecule has 3 N–H and O–H groups in total. The molecule has 2 saturated carbocycles. The van der Waals surface area contributed by atoms with Crippen LogP contribution in [-0.4, -0.2) is 56.3 Å². The molecule has 0 bridgehead atoms. The zero-order valence-electron chi connectivity index (χ0n) is 24.3. The first-order chi connectivity index (χ1) is 19.9. The lowest BCUT2D eigenvalue weighted by molar-refractivity contribution is -0.122. The fraction of sp³-hybridized carbons (Fsp3) is 0.576. The van der Waals surface area contributed by atoms with Crippen LogP contribution in [0.25, 0.3) is 0 Å². The normalized spacial score (nSPS) is 23.8. The van der Waals surface area contributed by atoms with E-state index in [2.05, 4.69) is 17.6 Å². The first-order valence-electron chi connectivity index (χ1n) is 15.1. The van der Waals surface area contributed by atoms with Crippen LogP contribution in [-0.2, 0) is 4.79 Å². The molecule has 0 radical (unpaired) electrons. The van der Waals surface area contributed by atoms with E-state index in [1.54, 1.807) is 31.4 Å². The number of carbonyl (C=O) groups is 2. The Hall–Kier alpha value is -3.10. The number of aliphatic hydroxyl groups excluding tert-OH is 1. The van der Waals surface area contributed by atoms with Crippen molar-refractivity contribution in [2.24, 2.45) is 17.3 Å². The van der Waals surface area contributed by atoms with Gasteiger partial charge in [0.2, 0.25) is 5.91 Å². The van der Waals surface area contributed by atoms with E-state index in [9.17, 15) is 14.7 Å². The minimum Gasteiger partial charge on any atom is -0.497 e. The molecule has 1 heterocycles. The van der Waals surface area contributed by atoms with Crippen LogP contribution in [0.1, 0.15) is 80.3 Å². The Balaban J connectivity index is 1.11. The number of hydrogen-bond acceptors (Lipinski definition) is 7. The second-order valence-corrected chi connectivity index (χ2v) is 12.2. The Morgan fingerprint density at radius 1 is 1.05 bits per heavy atom. The van der Waals surface area contributed by atoms with E-state index < -0.39 is 12.1 Å². The third kappa shape index (κ3) is 7.41. The second kappa shape index (κ2) is 13.3. The average molecular weight is 565 g/mol. The molecule has 1 amide bonds. The van der Waals surface area contributed by atoms with Crippen molar-refractivity contribution in [1.82, 2.24) is 10.6 Å². The molecule has 5 atom stereocenters. The largest absolute Gasteiger partial charge is 0.497 e. The Labute approximate surface area is 243 Å². The van der Waals surface area contributed by atoms with Crippen LogP contribution in [0.4, 0.5) is 0 Å². The van der Waals surface area contributed by atoms with Gasteiger partial charge in [0.05, 0.1) is 13.2 Å². The van der Waals surface area contributed by atoms with Gasteiger partial charge >= 0.3 is 0 Å². The fourth-order valence-corrected chi connectivity index (χ4v) is 6.52. The van der Waals surface area contributed by atoms with Crippen molar-refractivity contribution >= 4 is 11.7 Å². The molecular formula is C33H44N2O6. The SMILES string of the molecule is COc1ccc(C(=O)CCCCCC(=O)NC(CNCC2(C)CCC3CC32)C(O)c2ccc3c(c2)OCCO3)cc1. The standard InChI is InChI=1S/C33H44N2O6/c1-33(15-14-23-18-26(23)33)21-34-20-27(32(38)24-10-13-29-30(19-24)41-17-16-40-29)35-31(37)7-5-3-4-6-28(36)22-8-11-25(39-2)12-9-22/h8-13,19,23,26-27,32,34,38H,3-7,14-18,20-21H2,1-2H3,(H,35,37). The van der Waals surface area contributed by atoms with Gasteiger partial charge in [0.1, 0.15) is 25.1 Å². The summed E-state index contributed by atoms with van der Waals surface area (Å²) in [6.45, 7) is 4.71. The number of fused-ring (bicyclic) bond motifs is 2. The highest BCUT2D eigenvalue weighted by atomic mass is 16.6. The number of hydrogen-bond donors (Lipinski definition) is 3. The molecule has 0 spiro atoms. The van der Waals surface area contributed by atoms with Crippen LogP contribution < -0.4 is 24.8 Å². The summed E-state index contributed by atoms with van der Waals surface area (Å²) in [7, 11) is 1.60. The van der Waals surface area contributed by atoms with Crippen molar-refractivity contribution in [2.45, 2.75) is 70.4 Å². The third-order valence-corrected chi connectivity index (χ3v) is 9.15. The van der Waals surface area contributed by atoms with Gasteiger partial charge in [0, 0.05) is 31.5 Å². The maximum absolute atomic E-state index is 13.0. The molecule has 5 rings (SSSR count). The van der Waals surface area contributed by atoms with E-state index in [4.69, 9.17) is 14.2 Å². The van der Waals surface area contributed by atoms with Crippen LogP contribution in [0, 0.1) is 17.3 Å². The molecule has 1 aliphatic heterocycles. The van der Waals surface area contributed by atoms with Crippen LogP contribution in [0.15, 0.2) is 42.5 Å². The highest BCUT2D eigenvalue weighted by molar-refractivity contribution is 5.96. The van der Waals surface area contributed by atoms with Crippen molar-refractivity contribution < 1.29 is 28.9 Å². The highest BCUT2D eigenvalue weighted by Crippen LogP contribution is 2.61. The molecule has 2 fully saturated rings. The number of amides is 1. The van der Waals surface area contributed by atoms with E-state index in [1.807, 2.05) is 18.2 Å². The summed E-state index contributed by atoms with van der Waals surface area (Å²) >= 11 is 0. The van der Waals surface area contributed by atoms with Crippen LogP contribution in [0.2, 0.25) is 0 Å². The van der Waals surface area contributed by atoms with Crippen LogP contribution in [0.5, 0.6) is 17.2 Å². The number of Topliss-reactive ketones (excluding diaryl/α,β-unsaturated/α-hetero) is 1. The summed E-state index contributed by atoms with van der Waals surface area (Å²) in [5.41, 5.74) is 1.66. The second-order valence-electron chi connectivity index (χ2n) is 12.2. The van der Waals surface area contributed by atoms with Gasteiger partial charge in [-0.3, -0.25) is 9.59 Å². The van der Waals surface area contributed by atoms with Crippen LogP contribution >= 0.6 is 0 Å². The van der Waals surface area contributed by atoms with Crippen molar-refractivity contribution in [3.05, 3.63) is 53.6 Å². The van der Waals surface area contributed by atoms with Gasteiger partial charge in [-0.1, -0.05) is 19.4 Å². The molecule has 8 heteroatoms. The predicted molar refractivity (Wildman–Crippen MR) is 157 cm³/mol. The fourth-order valence-electron chi connectivity index (χ4n) is 6.52. The minimum absolute atomic E-state index is 0.0933. The molecule has 222 valence electrons. The summed E-state index contributed by atoms with van der Waals surface area (Å²) in [4.78, 5) is 25.4. The summed E-state index contributed by atoms with van der Waals surface area (Å²) < 4.78 is 16.5. The first-order valence-corrected chi connectivity index (χ1v) is 15.1. The molecule has 41 heavy (non-hydrogen) atoms. The maximum atomic E-state index is 13.0. The van der Waals surface area contributed by atoms with Crippen molar-refractivity contribution in [2.75, 3.05) is 33.4 Å². The number of nitrogens with one attached hydrogen (secondary N) is 2. The number of benzene rings is 2. The van der Waals surface area contributed by atoms with Gasteiger partial charge in [0.25, 0.3) is 0 Å². The van der Waals surface area contributed by atoms with Gasteiger partial charge in [-0.05, 0) is 91.3 Å². The molecule has 2 aromatic rings. The van der Waals surface area contributed by atoms with E-state index in [0.29, 0.717) is 67.1 Å². The number of aliphatic hydroxyl groups is 1. The topological polar surface area (TPSA) is 106 Å². The number of methoxy groups -OCH3 is 1. The Kier molecular flexibility index (Phi) is 9.50. The van der Waals surface area contributed by atoms with Gasteiger partial charge in [-0.2, -0.15) is 0 Å². The molecule has 0 saturated heterocycles. The molecular weight excluding hydrogens is 520 g/mol. The van der Waals surface area contributed by atoms with E-state index in [-0.39, 0.29) is 11.7 Å². The molecule has 5 unspecified atom stereocenters. The zero-order chi connectivity index (χ0) is 28.8. The summed E-state index contributed by atoms with van der Waals surface area (Å²) in [6, 6.07) is 12.1. The molecule has 8 nitrogen and oxygen atoms in total. The maximum Gasteiger partial charge on any atom is 0.220 e. The lowest BCUT2D eigenvalue weighted by Crippen LogP contribution is -2.47. The van der Waals surface area contributed by atoms with Gasteiger partial charge < -0.3 is 30.0 Å². The van der Waals surface area contributed by atoms with Gasteiger partial charge in [0.15, 0.2) is 17.3 Å². The minimum atomic E-state index is -0.894. The Morgan fingerprint density at radius 2 is 1.80 bits per heavy atom. The highest BCUT2D eigenvalue weighted by Gasteiger charge is 2.54. The number of carbonyl (C=O) groups excluding carboxylic acids is 2. The first kappa shape index (κ1) is 29.4. The van der Waals surface area contributed by atoms with Crippen LogP contribution in [0.3, 0.4) is 0 Å². The van der Waals surface area contributed by atoms with E-state index in [0.717, 1.165) is 37.0 Å². The predicted octanol–water partition coefficient (Wildman–Crippen LogP) is 4.84. The smallest absolute Gasteiger partial charge is 0.220 e. The van der Waals surface area contributed by atoms with Crippen molar-refractivity contribution in [3.63, 3.8) is 0 Å². The summed E-state index contributed by atoms with van der Waals surface area (Å²) in [5, 5.41) is 18.0. The molecule has 2 aliphatic carbocycles. The average Bonchev–Trinajstić information content (AvgIpc) is 3.73. The quantitative estimate of drug-likeness (QED) is 0.210. The number of rotatable bonds is 15. The van der Waals surface area contributed by atoms with Gasteiger partial charge in [-0.15, -0.1) is 0 Å².